The van der Waals surface area contributed by atoms with Crippen LogP contribution >= 0.6 is 0 Å². The smallest absolute Gasteiger partial charge is 0.122 e. The lowest BCUT2D eigenvalue weighted by Gasteiger charge is -2.23. The fourth-order valence-corrected chi connectivity index (χ4v) is 2.11. The van der Waals surface area contributed by atoms with E-state index in [0.29, 0.717) is 6.61 Å². The molecule has 0 heterocycles. The van der Waals surface area contributed by atoms with Gasteiger partial charge in [0.2, 0.25) is 0 Å². The van der Waals surface area contributed by atoms with Crippen LogP contribution in [0.1, 0.15) is 58.6 Å². The number of rotatable bonds is 6. The Bertz CT molecular complexity index is 498. The predicted molar refractivity (Wildman–Crippen MR) is 90.3 cm³/mol. The maximum absolute atomic E-state index is 7.55. The van der Waals surface area contributed by atoms with Gasteiger partial charge in [-0.1, -0.05) is 46.8 Å². The average Bonchev–Trinajstić information content (AvgIpc) is 2.34. The second-order valence-electron chi connectivity index (χ2n) is 7.48. The average molecular weight is 290 g/mol. The van der Waals surface area contributed by atoms with Crippen LogP contribution in [0.4, 0.5) is 0 Å². The summed E-state index contributed by atoms with van der Waals surface area (Å²) in [4.78, 5) is 0. The quantitative estimate of drug-likeness (QED) is 0.463. The van der Waals surface area contributed by atoms with Gasteiger partial charge in [0, 0.05) is 5.41 Å². The number of ether oxygens (including phenoxy) is 1. The molecular formula is C18H30N2O. The van der Waals surface area contributed by atoms with E-state index >= 15 is 0 Å². The van der Waals surface area contributed by atoms with Crippen molar-refractivity contribution in [2.75, 3.05) is 6.61 Å². The number of aryl methyl sites for hydroxylation is 1. The molecule has 118 valence electrons. The van der Waals surface area contributed by atoms with E-state index in [9.17, 15) is 0 Å². The molecule has 0 aromatic heterocycles. The summed E-state index contributed by atoms with van der Waals surface area (Å²) < 4.78 is 5.87. The third kappa shape index (κ3) is 5.07. The van der Waals surface area contributed by atoms with Gasteiger partial charge in [0.25, 0.3) is 0 Å². The van der Waals surface area contributed by atoms with Crippen molar-refractivity contribution in [3.05, 3.63) is 29.3 Å². The highest BCUT2D eigenvalue weighted by Gasteiger charge is 2.21. The monoisotopic (exact) mass is 290 g/mol. The van der Waals surface area contributed by atoms with Gasteiger partial charge in [-0.25, -0.2) is 0 Å². The van der Waals surface area contributed by atoms with Crippen LogP contribution in [-0.4, -0.2) is 12.4 Å². The zero-order chi connectivity index (χ0) is 16.3. The lowest BCUT2D eigenvalue weighted by atomic mass is 9.86. The van der Waals surface area contributed by atoms with Crippen molar-refractivity contribution in [2.45, 2.75) is 59.8 Å². The fraction of sp³-hybridized carbons (Fsp3) is 0.611. The molecule has 0 spiro atoms. The van der Waals surface area contributed by atoms with Crippen molar-refractivity contribution in [2.24, 2.45) is 11.1 Å². The molecule has 0 saturated carbocycles. The molecule has 3 heteroatoms. The molecule has 1 rings (SSSR count). The van der Waals surface area contributed by atoms with Crippen LogP contribution in [0.2, 0.25) is 0 Å². The molecule has 0 fully saturated rings. The first-order chi connectivity index (χ1) is 9.54. The van der Waals surface area contributed by atoms with Crippen LogP contribution in [0.15, 0.2) is 18.2 Å². The van der Waals surface area contributed by atoms with E-state index < -0.39 is 0 Å². The normalized spacial score (nSPS) is 12.3. The van der Waals surface area contributed by atoms with Gasteiger partial charge < -0.3 is 10.5 Å². The van der Waals surface area contributed by atoms with E-state index in [4.69, 9.17) is 15.9 Å². The van der Waals surface area contributed by atoms with Crippen molar-refractivity contribution < 1.29 is 4.74 Å². The van der Waals surface area contributed by atoms with Crippen LogP contribution < -0.4 is 10.5 Å². The van der Waals surface area contributed by atoms with Crippen molar-refractivity contribution in [1.82, 2.24) is 0 Å². The van der Waals surface area contributed by atoms with E-state index in [0.717, 1.165) is 18.6 Å². The van der Waals surface area contributed by atoms with E-state index in [-0.39, 0.29) is 16.7 Å². The first kappa shape index (κ1) is 17.5. The highest BCUT2D eigenvalue weighted by Crippen LogP contribution is 2.28. The van der Waals surface area contributed by atoms with Crippen molar-refractivity contribution in [3.63, 3.8) is 0 Å². The summed E-state index contributed by atoms with van der Waals surface area (Å²) in [6, 6.07) is 6.41. The third-order valence-electron chi connectivity index (χ3n) is 3.97. The minimum Gasteiger partial charge on any atom is -0.493 e. The maximum Gasteiger partial charge on any atom is 0.122 e. The van der Waals surface area contributed by atoms with Gasteiger partial charge in [-0.3, -0.25) is 5.41 Å². The van der Waals surface area contributed by atoms with Crippen LogP contribution in [-0.2, 0) is 5.41 Å². The van der Waals surface area contributed by atoms with Crippen molar-refractivity contribution >= 4 is 5.84 Å². The lowest BCUT2D eigenvalue weighted by Crippen LogP contribution is -2.31. The molecule has 0 amide bonds. The molecule has 0 unspecified atom stereocenters. The molecule has 0 saturated heterocycles. The minimum atomic E-state index is -0.242. The molecule has 3 nitrogen and oxygen atoms in total. The van der Waals surface area contributed by atoms with Crippen molar-refractivity contribution in [3.8, 4) is 5.75 Å². The largest absolute Gasteiger partial charge is 0.493 e. The molecule has 21 heavy (non-hydrogen) atoms. The van der Waals surface area contributed by atoms with Gasteiger partial charge in [0.15, 0.2) is 0 Å². The van der Waals surface area contributed by atoms with E-state index in [1.807, 2.05) is 13.8 Å². The van der Waals surface area contributed by atoms with Crippen LogP contribution in [0.3, 0.4) is 0 Å². The Hall–Kier alpha value is -1.51. The van der Waals surface area contributed by atoms with E-state index in [2.05, 4.69) is 45.9 Å². The van der Waals surface area contributed by atoms with Crippen molar-refractivity contribution in [1.29, 1.82) is 5.41 Å². The SMILES string of the molecule is Cc1cc(C(C)(C)C)ccc1OCCCC(C)(C)C(=N)N. The highest BCUT2D eigenvalue weighted by molar-refractivity contribution is 5.82. The van der Waals surface area contributed by atoms with Gasteiger partial charge in [-0.15, -0.1) is 0 Å². The second kappa shape index (κ2) is 6.50. The van der Waals surface area contributed by atoms with Gasteiger partial charge in [-0.05, 0) is 42.4 Å². The first-order valence-electron chi connectivity index (χ1n) is 7.62. The standard InChI is InChI=1S/C18H30N2O/c1-13-12-14(17(2,3)4)8-9-15(13)21-11-7-10-18(5,6)16(19)20/h8-9,12H,7,10-11H2,1-6H3,(H3,19,20). The summed E-state index contributed by atoms with van der Waals surface area (Å²) in [6.45, 7) is 13.4. The summed E-state index contributed by atoms with van der Waals surface area (Å²) in [6.07, 6.45) is 1.76. The molecule has 0 bridgehead atoms. The predicted octanol–water partition coefficient (Wildman–Crippen LogP) is 4.41. The Balaban J connectivity index is 2.56. The lowest BCUT2D eigenvalue weighted by molar-refractivity contribution is 0.285. The zero-order valence-electron chi connectivity index (χ0n) is 14.3. The minimum absolute atomic E-state index is 0.162. The number of hydrogen-bond acceptors (Lipinski definition) is 2. The number of nitrogens with one attached hydrogen (secondary N) is 1. The van der Waals surface area contributed by atoms with Gasteiger partial charge in [0.1, 0.15) is 5.75 Å². The van der Waals surface area contributed by atoms with Gasteiger partial charge >= 0.3 is 0 Å². The maximum atomic E-state index is 7.55. The first-order valence-corrected chi connectivity index (χ1v) is 7.62. The fourth-order valence-electron chi connectivity index (χ4n) is 2.11. The molecule has 0 atom stereocenters. The third-order valence-corrected chi connectivity index (χ3v) is 3.97. The molecule has 0 aliphatic carbocycles. The summed E-state index contributed by atoms with van der Waals surface area (Å²) in [5.74, 6) is 1.19. The molecular weight excluding hydrogens is 260 g/mol. The Morgan fingerprint density at radius 2 is 1.81 bits per heavy atom. The number of hydrogen-bond donors (Lipinski definition) is 2. The topological polar surface area (TPSA) is 59.1 Å². The van der Waals surface area contributed by atoms with Gasteiger partial charge in [-0.2, -0.15) is 0 Å². The van der Waals surface area contributed by atoms with Crippen LogP contribution in [0.25, 0.3) is 0 Å². The van der Waals surface area contributed by atoms with Crippen LogP contribution in [0.5, 0.6) is 5.75 Å². The Morgan fingerprint density at radius 3 is 2.29 bits per heavy atom. The number of amidine groups is 1. The van der Waals surface area contributed by atoms with Gasteiger partial charge in [0.05, 0.1) is 12.4 Å². The molecule has 0 aliphatic heterocycles. The highest BCUT2D eigenvalue weighted by atomic mass is 16.5. The summed E-state index contributed by atoms with van der Waals surface area (Å²) >= 11 is 0. The number of benzene rings is 1. The van der Waals surface area contributed by atoms with E-state index in [1.165, 1.54) is 11.1 Å². The molecule has 0 aliphatic rings. The Morgan fingerprint density at radius 1 is 1.19 bits per heavy atom. The van der Waals surface area contributed by atoms with Crippen LogP contribution in [0, 0.1) is 17.7 Å². The summed E-state index contributed by atoms with van der Waals surface area (Å²) in [5.41, 5.74) is 8.01. The zero-order valence-corrected chi connectivity index (χ0v) is 14.3. The molecule has 3 N–H and O–H groups in total. The molecule has 1 aromatic carbocycles. The summed E-state index contributed by atoms with van der Waals surface area (Å²) in [7, 11) is 0. The Kier molecular flexibility index (Phi) is 5.43. The number of nitrogens with two attached hydrogens (primary N) is 1. The molecule has 1 aromatic rings. The van der Waals surface area contributed by atoms with E-state index in [1.54, 1.807) is 0 Å². The Labute approximate surface area is 129 Å². The molecule has 0 radical (unpaired) electrons. The summed E-state index contributed by atoms with van der Waals surface area (Å²) in [5, 5.41) is 7.55. The second-order valence-corrected chi connectivity index (χ2v) is 7.48.